The lowest BCUT2D eigenvalue weighted by Crippen LogP contribution is -2.40. The molecule has 112 valence electrons. The molecule has 0 saturated carbocycles. The molecule has 3 N–H and O–H groups in total. The molecular formula is C13H20N2O4S. The summed E-state index contributed by atoms with van der Waals surface area (Å²) in [5, 5.41) is 0. The Bertz CT molecular complexity index is 553. The van der Waals surface area contributed by atoms with Crippen molar-refractivity contribution in [3.8, 4) is 5.75 Å². The van der Waals surface area contributed by atoms with E-state index in [1.807, 2.05) is 0 Å². The lowest BCUT2D eigenvalue weighted by atomic mass is 10.1. The molecule has 0 radical (unpaired) electrons. The second kappa shape index (κ2) is 6.53. The fraction of sp³-hybridized carbons (Fsp3) is 0.538. The van der Waals surface area contributed by atoms with Gasteiger partial charge in [-0.1, -0.05) is 0 Å². The normalized spacial score (nSPS) is 19.8. The van der Waals surface area contributed by atoms with Crippen molar-refractivity contribution >= 4 is 10.0 Å². The highest BCUT2D eigenvalue weighted by Crippen LogP contribution is 2.22. The van der Waals surface area contributed by atoms with Crippen LogP contribution in [-0.4, -0.2) is 34.8 Å². The third kappa shape index (κ3) is 3.49. The summed E-state index contributed by atoms with van der Waals surface area (Å²) in [7, 11) is -2.03. The van der Waals surface area contributed by atoms with Gasteiger partial charge in [-0.05, 0) is 31.0 Å². The number of rotatable bonds is 5. The van der Waals surface area contributed by atoms with Crippen LogP contribution in [0.1, 0.15) is 18.4 Å². The van der Waals surface area contributed by atoms with Gasteiger partial charge in [0.1, 0.15) is 5.75 Å². The van der Waals surface area contributed by atoms with Crippen LogP contribution in [0.15, 0.2) is 23.1 Å². The molecule has 0 spiro atoms. The van der Waals surface area contributed by atoms with Gasteiger partial charge in [-0.15, -0.1) is 0 Å². The number of methoxy groups -OCH3 is 1. The number of nitrogens with one attached hydrogen (secondary N) is 1. The Morgan fingerprint density at radius 1 is 1.50 bits per heavy atom. The maximum Gasteiger partial charge on any atom is 0.240 e. The molecule has 1 aromatic carbocycles. The molecule has 0 aromatic heterocycles. The van der Waals surface area contributed by atoms with E-state index in [2.05, 4.69) is 4.72 Å². The van der Waals surface area contributed by atoms with Gasteiger partial charge >= 0.3 is 0 Å². The Balaban J connectivity index is 2.20. The first kappa shape index (κ1) is 15.2. The average Bonchev–Trinajstić information content (AvgIpc) is 2.47. The molecular weight excluding hydrogens is 280 g/mol. The fourth-order valence-electron chi connectivity index (χ4n) is 2.20. The number of nitrogens with two attached hydrogens (primary N) is 1. The van der Waals surface area contributed by atoms with E-state index in [-0.39, 0.29) is 17.5 Å². The fourth-order valence-corrected chi connectivity index (χ4v) is 3.51. The van der Waals surface area contributed by atoms with Crippen molar-refractivity contribution in [2.45, 2.75) is 30.3 Å². The largest absolute Gasteiger partial charge is 0.496 e. The minimum Gasteiger partial charge on any atom is -0.496 e. The van der Waals surface area contributed by atoms with Gasteiger partial charge < -0.3 is 15.2 Å². The van der Waals surface area contributed by atoms with Gasteiger partial charge in [0.15, 0.2) is 0 Å². The first-order valence-corrected chi connectivity index (χ1v) is 8.02. The minimum absolute atomic E-state index is 0.169. The SMILES string of the molecule is COc1ccc(S(=O)(=O)NC2CCCOC2)cc1CN. The zero-order valence-corrected chi connectivity index (χ0v) is 12.3. The van der Waals surface area contributed by atoms with Crippen molar-refractivity contribution in [1.29, 1.82) is 0 Å². The van der Waals surface area contributed by atoms with Crippen LogP contribution in [0.3, 0.4) is 0 Å². The zero-order valence-electron chi connectivity index (χ0n) is 11.5. The Morgan fingerprint density at radius 3 is 2.90 bits per heavy atom. The van der Waals surface area contributed by atoms with E-state index in [0.717, 1.165) is 12.8 Å². The van der Waals surface area contributed by atoms with Gasteiger partial charge in [-0.25, -0.2) is 13.1 Å². The van der Waals surface area contributed by atoms with Crippen molar-refractivity contribution < 1.29 is 17.9 Å². The van der Waals surface area contributed by atoms with E-state index in [0.29, 0.717) is 24.5 Å². The Kier molecular flexibility index (Phi) is 4.98. The number of ether oxygens (including phenoxy) is 2. The van der Waals surface area contributed by atoms with Crippen LogP contribution in [0.5, 0.6) is 5.75 Å². The molecule has 1 aromatic rings. The topological polar surface area (TPSA) is 90.7 Å². The van der Waals surface area contributed by atoms with Crippen molar-refractivity contribution in [2.24, 2.45) is 5.73 Å². The van der Waals surface area contributed by atoms with Crippen LogP contribution in [0.4, 0.5) is 0 Å². The molecule has 1 aliphatic rings. The van der Waals surface area contributed by atoms with Crippen molar-refractivity contribution in [3.63, 3.8) is 0 Å². The first-order chi connectivity index (χ1) is 9.56. The standard InChI is InChI=1S/C13H20N2O4S/c1-18-13-5-4-12(7-10(13)8-14)20(16,17)15-11-3-2-6-19-9-11/h4-5,7,11,15H,2-3,6,8-9,14H2,1H3. The second-order valence-electron chi connectivity index (χ2n) is 4.71. The van der Waals surface area contributed by atoms with Crippen LogP contribution >= 0.6 is 0 Å². The summed E-state index contributed by atoms with van der Waals surface area (Å²) >= 11 is 0. The summed E-state index contributed by atoms with van der Waals surface area (Å²) < 4.78 is 37.7. The van der Waals surface area contributed by atoms with E-state index < -0.39 is 10.0 Å². The van der Waals surface area contributed by atoms with Gasteiger partial charge in [0.25, 0.3) is 0 Å². The minimum atomic E-state index is -3.56. The Morgan fingerprint density at radius 2 is 2.30 bits per heavy atom. The highest BCUT2D eigenvalue weighted by atomic mass is 32.2. The second-order valence-corrected chi connectivity index (χ2v) is 6.43. The molecule has 20 heavy (non-hydrogen) atoms. The smallest absolute Gasteiger partial charge is 0.240 e. The van der Waals surface area contributed by atoms with Crippen LogP contribution in [-0.2, 0) is 21.3 Å². The molecule has 1 atom stereocenters. The summed E-state index contributed by atoms with van der Waals surface area (Å²) in [6, 6.07) is 4.51. The van der Waals surface area contributed by atoms with Crippen LogP contribution < -0.4 is 15.2 Å². The molecule has 0 bridgehead atoms. The highest BCUT2D eigenvalue weighted by molar-refractivity contribution is 7.89. The van der Waals surface area contributed by atoms with E-state index in [4.69, 9.17) is 15.2 Å². The first-order valence-electron chi connectivity index (χ1n) is 6.54. The van der Waals surface area contributed by atoms with E-state index >= 15 is 0 Å². The number of hydrogen-bond acceptors (Lipinski definition) is 5. The van der Waals surface area contributed by atoms with Crippen LogP contribution in [0, 0.1) is 0 Å². The molecule has 1 fully saturated rings. The summed E-state index contributed by atoms with van der Waals surface area (Å²) in [4.78, 5) is 0.198. The Hall–Kier alpha value is -1.15. The zero-order chi connectivity index (χ0) is 14.6. The lowest BCUT2D eigenvalue weighted by Gasteiger charge is -2.23. The maximum atomic E-state index is 12.3. The van der Waals surface area contributed by atoms with Gasteiger partial charge in [0.2, 0.25) is 10.0 Å². The molecule has 0 amide bonds. The summed E-state index contributed by atoms with van der Waals surface area (Å²) in [6.07, 6.45) is 1.66. The molecule has 2 rings (SSSR count). The van der Waals surface area contributed by atoms with Gasteiger partial charge in [0, 0.05) is 24.8 Å². The molecule has 0 aliphatic carbocycles. The quantitative estimate of drug-likeness (QED) is 0.831. The van der Waals surface area contributed by atoms with Gasteiger partial charge in [-0.2, -0.15) is 0 Å². The summed E-state index contributed by atoms with van der Waals surface area (Å²) in [6.45, 7) is 1.33. The van der Waals surface area contributed by atoms with Gasteiger partial charge in [0.05, 0.1) is 18.6 Å². The number of benzene rings is 1. The van der Waals surface area contributed by atoms with E-state index in [9.17, 15) is 8.42 Å². The van der Waals surface area contributed by atoms with Gasteiger partial charge in [-0.3, -0.25) is 0 Å². The van der Waals surface area contributed by atoms with E-state index in [1.165, 1.54) is 13.2 Å². The molecule has 1 saturated heterocycles. The molecule has 1 heterocycles. The van der Waals surface area contributed by atoms with E-state index in [1.54, 1.807) is 12.1 Å². The average molecular weight is 300 g/mol. The monoisotopic (exact) mass is 300 g/mol. The van der Waals surface area contributed by atoms with Crippen LogP contribution in [0.2, 0.25) is 0 Å². The predicted octanol–water partition coefficient (Wildman–Crippen LogP) is 0.611. The molecule has 6 nitrogen and oxygen atoms in total. The third-order valence-electron chi connectivity index (χ3n) is 3.26. The van der Waals surface area contributed by atoms with Crippen molar-refractivity contribution in [1.82, 2.24) is 4.72 Å². The van der Waals surface area contributed by atoms with Crippen LogP contribution in [0.25, 0.3) is 0 Å². The predicted molar refractivity (Wildman–Crippen MR) is 75.0 cm³/mol. The highest BCUT2D eigenvalue weighted by Gasteiger charge is 2.23. The maximum absolute atomic E-state index is 12.3. The molecule has 7 heteroatoms. The van der Waals surface area contributed by atoms with Crippen molar-refractivity contribution in [3.05, 3.63) is 23.8 Å². The molecule has 1 unspecified atom stereocenters. The number of hydrogen-bond donors (Lipinski definition) is 2. The lowest BCUT2D eigenvalue weighted by molar-refractivity contribution is 0.0774. The summed E-state index contributed by atoms with van der Waals surface area (Å²) in [5.74, 6) is 0.590. The van der Waals surface area contributed by atoms with Crippen molar-refractivity contribution in [2.75, 3.05) is 20.3 Å². The molecule has 1 aliphatic heterocycles. The Labute approximate surface area is 119 Å². The summed E-state index contributed by atoms with van der Waals surface area (Å²) in [5.41, 5.74) is 6.27. The third-order valence-corrected chi connectivity index (χ3v) is 4.78. The number of sulfonamides is 1.